The molecule has 128 valence electrons. The highest BCUT2D eigenvalue weighted by Crippen LogP contribution is 2.33. The first-order chi connectivity index (χ1) is 11.7. The standard InChI is InChI=1S/C20H23BrO3/c1-3-24-20(22)19(17-11-4-5-12-18(17)23-2)16-10-6-8-15(14-16)9-7-13-21/h4-6,8,10-12,14,19H,3,7,9,13H2,1-2H3. The molecule has 0 amide bonds. The number of aryl methyl sites for hydroxylation is 1. The highest BCUT2D eigenvalue weighted by atomic mass is 79.9. The van der Waals surface area contributed by atoms with Gasteiger partial charge in [0.2, 0.25) is 0 Å². The number of ether oxygens (including phenoxy) is 2. The molecule has 0 fully saturated rings. The summed E-state index contributed by atoms with van der Waals surface area (Å²) in [5.74, 6) is -0.0360. The third kappa shape index (κ3) is 4.60. The van der Waals surface area contributed by atoms with Crippen molar-refractivity contribution in [2.45, 2.75) is 25.7 Å². The number of benzene rings is 2. The molecule has 0 heterocycles. The molecule has 0 spiro atoms. The van der Waals surface area contributed by atoms with Gasteiger partial charge in [-0.1, -0.05) is 58.4 Å². The number of para-hydroxylation sites is 1. The zero-order chi connectivity index (χ0) is 17.4. The van der Waals surface area contributed by atoms with Crippen molar-refractivity contribution in [3.05, 3.63) is 65.2 Å². The number of esters is 1. The zero-order valence-electron chi connectivity index (χ0n) is 14.1. The van der Waals surface area contributed by atoms with Crippen molar-refractivity contribution in [1.82, 2.24) is 0 Å². The Morgan fingerprint density at radius 2 is 1.96 bits per heavy atom. The van der Waals surface area contributed by atoms with E-state index in [-0.39, 0.29) is 5.97 Å². The molecule has 1 atom stereocenters. The first-order valence-electron chi connectivity index (χ1n) is 8.15. The average molecular weight is 391 g/mol. The molecule has 24 heavy (non-hydrogen) atoms. The molecule has 1 unspecified atom stereocenters. The fourth-order valence-electron chi connectivity index (χ4n) is 2.77. The average Bonchev–Trinajstić information content (AvgIpc) is 2.61. The van der Waals surface area contributed by atoms with Crippen LogP contribution in [0.5, 0.6) is 5.75 Å². The Bertz CT molecular complexity index is 669. The summed E-state index contributed by atoms with van der Waals surface area (Å²) in [7, 11) is 1.62. The van der Waals surface area contributed by atoms with E-state index in [4.69, 9.17) is 9.47 Å². The van der Waals surface area contributed by atoms with E-state index in [0.717, 1.165) is 29.3 Å². The highest BCUT2D eigenvalue weighted by molar-refractivity contribution is 9.09. The monoisotopic (exact) mass is 390 g/mol. The number of carbonyl (C=O) groups is 1. The van der Waals surface area contributed by atoms with Gasteiger partial charge in [0.1, 0.15) is 11.7 Å². The molecule has 0 aliphatic rings. The van der Waals surface area contributed by atoms with Crippen LogP contribution in [0.25, 0.3) is 0 Å². The maximum atomic E-state index is 12.7. The van der Waals surface area contributed by atoms with Gasteiger partial charge < -0.3 is 9.47 Å². The zero-order valence-corrected chi connectivity index (χ0v) is 15.7. The van der Waals surface area contributed by atoms with Crippen molar-refractivity contribution in [3.8, 4) is 5.75 Å². The largest absolute Gasteiger partial charge is 0.496 e. The summed E-state index contributed by atoms with van der Waals surface area (Å²) in [6.45, 7) is 2.18. The van der Waals surface area contributed by atoms with Gasteiger partial charge in [0, 0.05) is 10.9 Å². The van der Waals surface area contributed by atoms with Crippen LogP contribution in [-0.2, 0) is 16.0 Å². The van der Waals surface area contributed by atoms with Crippen molar-refractivity contribution >= 4 is 21.9 Å². The molecule has 0 saturated carbocycles. The SMILES string of the molecule is CCOC(=O)C(c1cccc(CCCBr)c1)c1ccccc1OC. The predicted octanol–water partition coefficient (Wildman–Crippen LogP) is 4.72. The lowest BCUT2D eigenvalue weighted by molar-refractivity contribution is -0.143. The summed E-state index contributed by atoms with van der Waals surface area (Å²) in [4.78, 5) is 12.7. The molecule has 2 aromatic carbocycles. The summed E-state index contributed by atoms with van der Waals surface area (Å²) < 4.78 is 10.8. The van der Waals surface area contributed by atoms with E-state index in [1.807, 2.05) is 43.3 Å². The fraction of sp³-hybridized carbons (Fsp3) is 0.350. The molecule has 0 N–H and O–H groups in total. The third-order valence-corrected chi connectivity index (χ3v) is 4.42. The summed E-state index contributed by atoms with van der Waals surface area (Å²) >= 11 is 3.46. The molecule has 3 nitrogen and oxygen atoms in total. The van der Waals surface area contributed by atoms with Gasteiger partial charge in [-0.05, 0) is 37.0 Å². The molecular weight excluding hydrogens is 368 g/mol. The summed E-state index contributed by atoms with van der Waals surface area (Å²) in [5.41, 5.74) is 2.98. The first-order valence-corrected chi connectivity index (χ1v) is 9.27. The van der Waals surface area contributed by atoms with Gasteiger partial charge in [-0.15, -0.1) is 0 Å². The van der Waals surface area contributed by atoms with E-state index in [2.05, 4.69) is 28.1 Å². The first kappa shape index (κ1) is 18.5. The lowest BCUT2D eigenvalue weighted by Crippen LogP contribution is -2.18. The van der Waals surface area contributed by atoms with E-state index in [1.54, 1.807) is 7.11 Å². The maximum absolute atomic E-state index is 12.7. The molecule has 0 radical (unpaired) electrons. The second-order valence-corrected chi connectivity index (χ2v) is 6.26. The molecule has 4 heteroatoms. The smallest absolute Gasteiger partial charge is 0.318 e. The van der Waals surface area contributed by atoms with Crippen LogP contribution in [0.15, 0.2) is 48.5 Å². The van der Waals surface area contributed by atoms with Gasteiger partial charge in [0.05, 0.1) is 13.7 Å². The third-order valence-electron chi connectivity index (χ3n) is 3.86. The van der Waals surface area contributed by atoms with Gasteiger partial charge in [-0.3, -0.25) is 4.79 Å². The van der Waals surface area contributed by atoms with Gasteiger partial charge in [0.15, 0.2) is 0 Å². The topological polar surface area (TPSA) is 35.5 Å². The van der Waals surface area contributed by atoms with Crippen LogP contribution in [0.3, 0.4) is 0 Å². The fourth-order valence-corrected chi connectivity index (χ4v) is 3.05. The Morgan fingerprint density at radius 3 is 2.67 bits per heavy atom. The number of carbonyl (C=O) groups excluding carboxylic acids is 1. The molecule has 2 aromatic rings. The van der Waals surface area contributed by atoms with Gasteiger partial charge in [0.25, 0.3) is 0 Å². The molecule has 2 rings (SSSR count). The number of rotatable bonds is 8. The van der Waals surface area contributed by atoms with Crippen molar-refractivity contribution in [2.24, 2.45) is 0 Å². The van der Waals surface area contributed by atoms with E-state index in [1.165, 1.54) is 5.56 Å². The minimum Gasteiger partial charge on any atom is -0.496 e. The lowest BCUT2D eigenvalue weighted by atomic mass is 9.89. The van der Waals surface area contributed by atoms with E-state index in [9.17, 15) is 4.79 Å². The van der Waals surface area contributed by atoms with Crippen molar-refractivity contribution in [3.63, 3.8) is 0 Å². The minimum atomic E-state index is -0.481. The second-order valence-electron chi connectivity index (χ2n) is 5.46. The van der Waals surface area contributed by atoms with Crippen LogP contribution in [0.1, 0.15) is 36.0 Å². The van der Waals surface area contributed by atoms with Gasteiger partial charge >= 0.3 is 5.97 Å². The Morgan fingerprint density at radius 1 is 1.17 bits per heavy atom. The number of hydrogen-bond acceptors (Lipinski definition) is 3. The molecule has 0 bridgehead atoms. The number of hydrogen-bond donors (Lipinski definition) is 0. The number of halogens is 1. The lowest BCUT2D eigenvalue weighted by Gasteiger charge is -2.19. The summed E-state index contributed by atoms with van der Waals surface area (Å²) in [5, 5.41) is 0.963. The van der Waals surface area contributed by atoms with Crippen LogP contribution in [0.2, 0.25) is 0 Å². The molecular formula is C20H23BrO3. The Hall–Kier alpha value is -1.81. The number of alkyl halides is 1. The van der Waals surface area contributed by atoms with Crippen LogP contribution in [0, 0.1) is 0 Å². The summed E-state index contributed by atoms with van der Waals surface area (Å²) in [6, 6.07) is 15.8. The second kappa shape index (κ2) is 9.48. The van der Waals surface area contributed by atoms with Crippen LogP contribution in [0.4, 0.5) is 0 Å². The van der Waals surface area contributed by atoms with Crippen LogP contribution < -0.4 is 4.74 Å². The highest BCUT2D eigenvalue weighted by Gasteiger charge is 2.27. The normalized spacial score (nSPS) is 11.8. The molecule has 0 aromatic heterocycles. The number of methoxy groups -OCH3 is 1. The van der Waals surface area contributed by atoms with E-state index in [0.29, 0.717) is 12.4 Å². The predicted molar refractivity (Wildman–Crippen MR) is 100 cm³/mol. The quantitative estimate of drug-likeness (QED) is 0.483. The van der Waals surface area contributed by atoms with E-state index < -0.39 is 5.92 Å². The van der Waals surface area contributed by atoms with E-state index >= 15 is 0 Å². The Kier molecular flexibility index (Phi) is 7.32. The Labute approximate surface area is 152 Å². The van der Waals surface area contributed by atoms with Gasteiger partial charge in [-0.25, -0.2) is 0 Å². The maximum Gasteiger partial charge on any atom is 0.318 e. The molecule has 0 saturated heterocycles. The van der Waals surface area contributed by atoms with Gasteiger partial charge in [-0.2, -0.15) is 0 Å². The van der Waals surface area contributed by atoms with Crippen LogP contribution in [-0.4, -0.2) is 25.0 Å². The molecule has 0 aliphatic heterocycles. The minimum absolute atomic E-state index is 0.250. The molecule has 0 aliphatic carbocycles. The van der Waals surface area contributed by atoms with Crippen molar-refractivity contribution in [2.75, 3.05) is 19.0 Å². The van der Waals surface area contributed by atoms with Crippen LogP contribution >= 0.6 is 15.9 Å². The van der Waals surface area contributed by atoms with Crippen molar-refractivity contribution in [1.29, 1.82) is 0 Å². The Balaban J connectivity index is 2.45. The van der Waals surface area contributed by atoms with Crippen molar-refractivity contribution < 1.29 is 14.3 Å². The summed E-state index contributed by atoms with van der Waals surface area (Å²) in [6.07, 6.45) is 2.03.